The van der Waals surface area contributed by atoms with E-state index < -0.39 is 25.5 Å². The molecule has 0 spiro atoms. The van der Waals surface area contributed by atoms with Crippen molar-refractivity contribution in [2.75, 3.05) is 10.5 Å². The maximum absolute atomic E-state index is 11.9. The van der Waals surface area contributed by atoms with Crippen LogP contribution < -0.4 is 9.86 Å². The van der Waals surface area contributed by atoms with Crippen molar-refractivity contribution in [1.29, 1.82) is 0 Å². The predicted molar refractivity (Wildman–Crippen MR) is 71.4 cm³/mol. The van der Waals surface area contributed by atoms with Crippen LogP contribution in [0.3, 0.4) is 0 Å². The molecule has 0 unspecified atom stereocenters. The molecule has 0 atom stereocenters. The van der Waals surface area contributed by atoms with Crippen LogP contribution in [0, 0.1) is 5.41 Å². The van der Waals surface area contributed by atoms with Crippen molar-refractivity contribution in [3.63, 3.8) is 0 Å². The fraction of sp³-hybridized carbons (Fsp3) is 0.667. The summed E-state index contributed by atoms with van der Waals surface area (Å²) in [7, 11) is -6.28. The number of nitrogens with zero attached hydrogens (tertiary/aromatic N) is 2. The van der Waals surface area contributed by atoms with Crippen molar-refractivity contribution in [3.8, 4) is 0 Å². The largest absolute Gasteiger partial charge is 0.272 e. The summed E-state index contributed by atoms with van der Waals surface area (Å²) in [6, 6.07) is 0. The topological polar surface area (TPSA) is 124 Å². The number of rotatable bonds is 4. The highest BCUT2D eigenvalue weighted by Crippen LogP contribution is 2.22. The molecule has 19 heavy (non-hydrogen) atoms. The number of nitrogens with two attached hydrogens (primary N) is 1. The molecule has 0 bridgehead atoms. The first-order chi connectivity index (χ1) is 8.30. The lowest BCUT2D eigenvalue weighted by molar-refractivity contribution is 0.463. The molecule has 10 heteroatoms. The maximum atomic E-state index is 11.9. The smallest absolute Gasteiger partial charge is 0.243 e. The summed E-state index contributed by atoms with van der Waals surface area (Å²) >= 11 is 0. The Morgan fingerprint density at radius 1 is 1.32 bits per heavy atom. The van der Waals surface area contributed by atoms with Gasteiger partial charge in [-0.15, -0.1) is 0 Å². The molecule has 0 saturated carbocycles. The molecule has 1 rings (SSSR count). The van der Waals surface area contributed by atoms with Gasteiger partial charge in [-0.1, -0.05) is 20.8 Å². The number of aromatic nitrogens is 2. The van der Waals surface area contributed by atoms with Gasteiger partial charge in [-0.25, -0.2) is 22.0 Å². The Morgan fingerprint density at radius 3 is 2.26 bits per heavy atom. The first-order valence-corrected chi connectivity index (χ1v) is 8.57. The maximum Gasteiger partial charge on any atom is 0.243 e. The van der Waals surface area contributed by atoms with Gasteiger partial charge in [0.25, 0.3) is 0 Å². The molecule has 0 aliphatic carbocycles. The van der Waals surface area contributed by atoms with E-state index in [0.717, 1.165) is 6.20 Å². The highest BCUT2D eigenvalue weighted by atomic mass is 32.2. The van der Waals surface area contributed by atoms with E-state index in [9.17, 15) is 16.8 Å². The van der Waals surface area contributed by atoms with Crippen LogP contribution in [0.2, 0.25) is 0 Å². The van der Waals surface area contributed by atoms with Crippen LogP contribution in [0.25, 0.3) is 0 Å². The van der Waals surface area contributed by atoms with Crippen LogP contribution in [-0.2, 0) is 27.1 Å². The molecule has 1 heterocycles. The van der Waals surface area contributed by atoms with Crippen LogP contribution in [0.5, 0.6) is 0 Å². The van der Waals surface area contributed by atoms with Crippen LogP contribution in [-0.4, -0.2) is 32.4 Å². The Balaban J connectivity index is 3.14. The normalized spacial score (nSPS) is 13.5. The zero-order valence-corrected chi connectivity index (χ0v) is 12.8. The third kappa shape index (κ3) is 4.80. The fourth-order valence-corrected chi connectivity index (χ4v) is 3.88. The second-order valence-electron chi connectivity index (χ2n) is 5.48. The third-order valence-corrected chi connectivity index (χ3v) is 4.64. The second-order valence-corrected chi connectivity index (χ2v) is 8.73. The Hall–Kier alpha value is -1.13. The van der Waals surface area contributed by atoms with Crippen molar-refractivity contribution in [1.82, 2.24) is 9.78 Å². The van der Waals surface area contributed by atoms with Crippen LogP contribution >= 0.6 is 0 Å². The van der Waals surface area contributed by atoms with E-state index in [-0.39, 0.29) is 16.5 Å². The Bertz CT molecular complexity index is 668. The number of hydrogen-bond donors (Lipinski definition) is 2. The molecule has 0 aliphatic rings. The summed E-state index contributed by atoms with van der Waals surface area (Å²) in [6.07, 6.45) is 1.14. The minimum Gasteiger partial charge on any atom is -0.272 e. The standard InChI is InChI=1S/C9H18N4O4S2/c1-9(2,3)6-18(14,15)12-8-7(19(10,16)17)5-13(4)11-8/h5H,6H2,1-4H3,(H,11,12)(H2,10,16,17). The summed E-state index contributed by atoms with van der Waals surface area (Å²) in [5.41, 5.74) is -0.470. The Kier molecular flexibility index (Phi) is 3.99. The van der Waals surface area contributed by atoms with Crippen molar-refractivity contribution in [3.05, 3.63) is 6.20 Å². The van der Waals surface area contributed by atoms with E-state index in [1.165, 1.54) is 11.7 Å². The summed E-state index contributed by atoms with van der Waals surface area (Å²) in [5.74, 6) is -0.449. The molecule has 1 aromatic rings. The van der Waals surface area contributed by atoms with Crippen LogP contribution in [0.15, 0.2) is 11.1 Å². The lowest BCUT2D eigenvalue weighted by Crippen LogP contribution is -2.27. The summed E-state index contributed by atoms with van der Waals surface area (Å²) in [6.45, 7) is 5.27. The number of hydrogen-bond acceptors (Lipinski definition) is 5. The highest BCUT2D eigenvalue weighted by Gasteiger charge is 2.26. The first-order valence-electron chi connectivity index (χ1n) is 5.37. The van der Waals surface area contributed by atoms with E-state index in [4.69, 9.17) is 5.14 Å². The van der Waals surface area contributed by atoms with Crippen molar-refractivity contribution < 1.29 is 16.8 Å². The number of sulfonamides is 2. The van der Waals surface area contributed by atoms with Gasteiger partial charge in [0.15, 0.2) is 5.82 Å². The Morgan fingerprint density at radius 2 is 1.84 bits per heavy atom. The van der Waals surface area contributed by atoms with Gasteiger partial charge in [0.2, 0.25) is 20.0 Å². The van der Waals surface area contributed by atoms with E-state index >= 15 is 0 Å². The van der Waals surface area contributed by atoms with Crippen molar-refractivity contribution >= 4 is 25.9 Å². The molecule has 0 saturated heterocycles. The number of primary sulfonamides is 1. The van der Waals surface area contributed by atoms with E-state index in [1.54, 1.807) is 20.8 Å². The average molecular weight is 310 g/mol. The van der Waals surface area contributed by atoms with Crippen molar-refractivity contribution in [2.45, 2.75) is 25.7 Å². The minimum atomic E-state index is -4.04. The molecule has 8 nitrogen and oxygen atoms in total. The molecule has 1 aromatic heterocycles. The van der Waals surface area contributed by atoms with E-state index in [1.807, 2.05) is 0 Å². The molecular formula is C9H18N4O4S2. The third-order valence-electron chi connectivity index (χ3n) is 1.98. The molecule has 0 fully saturated rings. The lowest BCUT2D eigenvalue weighted by atomic mass is 10.0. The molecule has 0 amide bonds. The number of aryl methyl sites for hydroxylation is 1. The summed E-state index contributed by atoms with van der Waals surface area (Å²) < 4.78 is 49.8. The predicted octanol–water partition coefficient (Wildman–Crippen LogP) is -0.145. The zero-order chi connectivity index (χ0) is 15.1. The summed E-state index contributed by atoms with van der Waals surface area (Å²) in [5, 5.41) is 8.76. The number of anilines is 1. The average Bonchev–Trinajstić information content (AvgIpc) is 2.39. The quantitative estimate of drug-likeness (QED) is 0.800. The molecule has 3 N–H and O–H groups in total. The molecule has 0 aliphatic heterocycles. The zero-order valence-electron chi connectivity index (χ0n) is 11.2. The van der Waals surface area contributed by atoms with Gasteiger partial charge in [0, 0.05) is 13.2 Å². The SMILES string of the molecule is Cn1cc(S(N)(=O)=O)c(NS(=O)(=O)CC(C)(C)C)n1. The number of nitrogens with one attached hydrogen (secondary N) is 1. The van der Waals surface area contributed by atoms with Gasteiger partial charge in [-0.3, -0.25) is 9.40 Å². The highest BCUT2D eigenvalue weighted by molar-refractivity contribution is 7.93. The van der Waals surface area contributed by atoms with Gasteiger partial charge in [-0.05, 0) is 5.41 Å². The molecule has 0 radical (unpaired) electrons. The van der Waals surface area contributed by atoms with Crippen LogP contribution in [0.4, 0.5) is 5.82 Å². The van der Waals surface area contributed by atoms with Gasteiger partial charge >= 0.3 is 0 Å². The second kappa shape index (κ2) is 4.76. The van der Waals surface area contributed by atoms with Gasteiger partial charge < -0.3 is 0 Å². The monoisotopic (exact) mass is 310 g/mol. The fourth-order valence-electron chi connectivity index (χ4n) is 1.50. The van der Waals surface area contributed by atoms with Crippen LogP contribution in [0.1, 0.15) is 20.8 Å². The van der Waals surface area contributed by atoms with Gasteiger partial charge in [-0.2, -0.15) is 5.10 Å². The molecular weight excluding hydrogens is 292 g/mol. The summed E-state index contributed by atoms with van der Waals surface area (Å²) in [4.78, 5) is -0.354. The lowest BCUT2D eigenvalue weighted by Gasteiger charge is -2.18. The van der Waals surface area contributed by atoms with Gasteiger partial charge in [0.1, 0.15) is 4.90 Å². The van der Waals surface area contributed by atoms with E-state index in [2.05, 4.69) is 9.82 Å². The van der Waals surface area contributed by atoms with Gasteiger partial charge in [0.05, 0.1) is 5.75 Å². The van der Waals surface area contributed by atoms with E-state index in [0.29, 0.717) is 0 Å². The van der Waals surface area contributed by atoms with Crippen molar-refractivity contribution in [2.24, 2.45) is 17.6 Å². The first kappa shape index (κ1) is 15.9. The molecule has 0 aromatic carbocycles. The Labute approximate surface area is 113 Å². The minimum absolute atomic E-state index is 0.166. The molecule has 110 valence electrons.